The Morgan fingerprint density at radius 3 is 2.50 bits per heavy atom. The summed E-state index contributed by atoms with van der Waals surface area (Å²) in [6, 6.07) is 9.22. The summed E-state index contributed by atoms with van der Waals surface area (Å²) in [4.78, 5) is 3.42. The molecule has 34 heavy (non-hydrogen) atoms. The summed E-state index contributed by atoms with van der Waals surface area (Å²) in [6.45, 7) is -3.67. The number of alkyl halides is 3. The third-order valence-corrected chi connectivity index (χ3v) is 6.71. The van der Waals surface area contributed by atoms with Gasteiger partial charge < -0.3 is 19.7 Å². The largest absolute Gasteiger partial charge is 0.482 e. The standard InChI is InChI=1S/C20H17F3N4O6S/c21-20(22,23)12-32-17-5-13(6-24)1-4-16(17)33-18-9-27(10-19(18,29)11-28)34(30,31)15-3-2-14(7-25)26-8-15/h1-5,8,18,28-29H,9-12H2/t18?,19-/m1/s1. The van der Waals surface area contributed by atoms with Crippen molar-refractivity contribution in [2.75, 3.05) is 26.3 Å². The Hall–Kier alpha value is -3.43. The first kappa shape index (κ1) is 25.2. The minimum atomic E-state index is -4.68. The Labute approximate surface area is 192 Å². The zero-order valence-corrected chi connectivity index (χ0v) is 18.0. The number of hydrogen-bond donors (Lipinski definition) is 2. The normalized spacial score (nSPS) is 21.0. The number of ether oxygens (including phenoxy) is 2. The Balaban J connectivity index is 1.89. The lowest BCUT2D eigenvalue weighted by molar-refractivity contribution is -0.153. The van der Waals surface area contributed by atoms with Crippen LogP contribution >= 0.6 is 0 Å². The molecule has 1 aromatic carbocycles. The van der Waals surface area contributed by atoms with Crippen LogP contribution in [0.3, 0.4) is 0 Å². The maximum atomic E-state index is 13.0. The van der Waals surface area contributed by atoms with Crippen molar-refractivity contribution in [3.8, 4) is 23.6 Å². The van der Waals surface area contributed by atoms with Crippen LogP contribution in [0.5, 0.6) is 11.5 Å². The number of pyridine rings is 1. The maximum absolute atomic E-state index is 13.0. The van der Waals surface area contributed by atoms with Gasteiger partial charge in [-0.15, -0.1) is 0 Å². The fourth-order valence-electron chi connectivity index (χ4n) is 3.16. The number of β-amino-alcohol motifs (C(OH)–C–C–N with tert-alkyl or cyclic N) is 1. The molecule has 2 N–H and O–H groups in total. The van der Waals surface area contributed by atoms with E-state index in [1.807, 2.05) is 0 Å². The first-order chi connectivity index (χ1) is 15.9. The molecule has 10 nitrogen and oxygen atoms in total. The molecular formula is C20H17F3N4O6S. The lowest BCUT2D eigenvalue weighted by atomic mass is 10.0. The van der Waals surface area contributed by atoms with E-state index in [2.05, 4.69) is 4.98 Å². The fraction of sp³-hybridized carbons (Fsp3) is 0.350. The Kier molecular flexibility index (Phi) is 6.99. The van der Waals surface area contributed by atoms with Gasteiger partial charge in [0.05, 0.1) is 24.8 Å². The smallest absolute Gasteiger partial charge is 0.422 e. The highest BCUT2D eigenvalue weighted by molar-refractivity contribution is 7.89. The first-order valence-corrected chi connectivity index (χ1v) is 11.0. The van der Waals surface area contributed by atoms with Crippen LogP contribution in [0, 0.1) is 22.7 Å². The molecule has 2 atom stereocenters. The van der Waals surface area contributed by atoms with E-state index in [1.54, 1.807) is 12.1 Å². The molecule has 0 radical (unpaired) electrons. The molecule has 180 valence electrons. The van der Waals surface area contributed by atoms with Crippen LogP contribution in [0.1, 0.15) is 11.3 Å². The molecule has 0 saturated carbocycles. The molecule has 2 aromatic rings. The number of hydrogen-bond acceptors (Lipinski definition) is 9. The van der Waals surface area contributed by atoms with Crippen molar-refractivity contribution < 1.29 is 41.3 Å². The van der Waals surface area contributed by atoms with Gasteiger partial charge in [-0.05, 0) is 24.3 Å². The zero-order chi connectivity index (χ0) is 25.1. The third kappa shape index (κ3) is 5.37. The van der Waals surface area contributed by atoms with Crippen LogP contribution in [-0.2, 0) is 10.0 Å². The molecule has 0 spiro atoms. The summed E-state index contributed by atoms with van der Waals surface area (Å²) in [6.07, 6.45) is -5.12. The molecule has 1 aliphatic heterocycles. The van der Waals surface area contributed by atoms with Crippen molar-refractivity contribution >= 4 is 10.0 Å². The van der Waals surface area contributed by atoms with Crippen LogP contribution in [0.15, 0.2) is 41.4 Å². The molecule has 1 saturated heterocycles. The van der Waals surface area contributed by atoms with E-state index in [0.717, 1.165) is 28.7 Å². The fourth-order valence-corrected chi connectivity index (χ4v) is 4.61. The first-order valence-electron chi connectivity index (χ1n) is 9.52. The van der Waals surface area contributed by atoms with Gasteiger partial charge in [-0.1, -0.05) is 0 Å². The van der Waals surface area contributed by atoms with E-state index in [4.69, 9.17) is 20.0 Å². The van der Waals surface area contributed by atoms with Gasteiger partial charge in [-0.25, -0.2) is 13.4 Å². The summed E-state index contributed by atoms with van der Waals surface area (Å²) in [5.41, 5.74) is -2.14. The number of halogens is 3. The van der Waals surface area contributed by atoms with E-state index in [1.165, 1.54) is 12.1 Å². The molecule has 1 fully saturated rings. The maximum Gasteiger partial charge on any atom is 0.422 e. The van der Waals surface area contributed by atoms with Crippen LogP contribution in [-0.4, -0.2) is 72.1 Å². The van der Waals surface area contributed by atoms with E-state index in [-0.39, 0.29) is 21.9 Å². The Bertz CT molecular complexity index is 1240. The summed E-state index contributed by atoms with van der Waals surface area (Å²) in [5.74, 6) is -0.742. The molecule has 0 bridgehead atoms. The number of nitriles is 2. The molecule has 14 heteroatoms. The molecule has 1 aliphatic rings. The van der Waals surface area contributed by atoms with E-state index < -0.39 is 60.0 Å². The predicted molar refractivity (Wildman–Crippen MR) is 107 cm³/mol. The SMILES string of the molecule is N#Cc1ccc(OC2CN(S(=O)(=O)c3ccc(C#N)nc3)C[C@@]2(O)CO)c(OCC(F)(F)F)c1. The van der Waals surface area contributed by atoms with Gasteiger partial charge in [0, 0.05) is 18.8 Å². The van der Waals surface area contributed by atoms with E-state index in [9.17, 15) is 31.8 Å². The highest BCUT2D eigenvalue weighted by Gasteiger charge is 2.51. The van der Waals surface area contributed by atoms with Crippen LogP contribution in [0.25, 0.3) is 0 Å². The van der Waals surface area contributed by atoms with Crippen molar-refractivity contribution in [1.29, 1.82) is 10.5 Å². The molecule has 3 rings (SSSR count). The van der Waals surface area contributed by atoms with Gasteiger partial charge in [0.25, 0.3) is 0 Å². The molecule has 0 amide bonds. The van der Waals surface area contributed by atoms with Crippen LogP contribution < -0.4 is 9.47 Å². The average Bonchev–Trinajstić information content (AvgIpc) is 3.15. The zero-order valence-electron chi connectivity index (χ0n) is 17.2. The number of nitrogens with zero attached hydrogens (tertiary/aromatic N) is 4. The Morgan fingerprint density at radius 2 is 1.94 bits per heavy atom. The molecule has 0 aliphatic carbocycles. The lowest BCUT2D eigenvalue weighted by Crippen LogP contribution is -2.48. The van der Waals surface area contributed by atoms with Crippen molar-refractivity contribution in [2.45, 2.75) is 22.8 Å². The Morgan fingerprint density at radius 1 is 1.21 bits per heavy atom. The average molecular weight is 498 g/mol. The second-order valence-corrected chi connectivity index (χ2v) is 9.27. The number of sulfonamides is 1. The van der Waals surface area contributed by atoms with Crippen molar-refractivity contribution in [2.24, 2.45) is 0 Å². The predicted octanol–water partition coefficient (Wildman–Crippen LogP) is 0.941. The number of benzene rings is 1. The number of aromatic nitrogens is 1. The minimum Gasteiger partial charge on any atom is -0.482 e. The van der Waals surface area contributed by atoms with Crippen molar-refractivity contribution in [1.82, 2.24) is 9.29 Å². The second-order valence-electron chi connectivity index (χ2n) is 7.33. The van der Waals surface area contributed by atoms with Crippen LogP contribution in [0.2, 0.25) is 0 Å². The van der Waals surface area contributed by atoms with Gasteiger partial charge in [-0.3, -0.25) is 0 Å². The monoisotopic (exact) mass is 498 g/mol. The number of aliphatic hydroxyl groups is 2. The highest BCUT2D eigenvalue weighted by atomic mass is 32.2. The van der Waals surface area contributed by atoms with Gasteiger partial charge in [0.1, 0.15) is 28.4 Å². The summed E-state index contributed by atoms with van der Waals surface area (Å²) >= 11 is 0. The van der Waals surface area contributed by atoms with Gasteiger partial charge in [-0.2, -0.15) is 28.0 Å². The minimum absolute atomic E-state index is 0.0133. The van der Waals surface area contributed by atoms with Crippen molar-refractivity contribution in [3.05, 3.63) is 47.8 Å². The second kappa shape index (κ2) is 9.44. The summed E-state index contributed by atoms with van der Waals surface area (Å²) in [5, 5.41) is 38.4. The summed E-state index contributed by atoms with van der Waals surface area (Å²) < 4.78 is 75.0. The molecule has 1 unspecified atom stereocenters. The molecular weight excluding hydrogens is 481 g/mol. The van der Waals surface area contributed by atoms with E-state index in [0.29, 0.717) is 0 Å². The van der Waals surface area contributed by atoms with Crippen LogP contribution in [0.4, 0.5) is 13.2 Å². The molecule has 1 aromatic heterocycles. The highest BCUT2D eigenvalue weighted by Crippen LogP contribution is 2.35. The molecule has 2 heterocycles. The number of rotatable bonds is 7. The van der Waals surface area contributed by atoms with Gasteiger partial charge in [0.2, 0.25) is 10.0 Å². The summed E-state index contributed by atoms with van der Waals surface area (Å²) in [7, 11) is -4.23. The quantitative estimate of drug-likeness (QED) is 0.567. The third-order valence-electron chi connectivity index (χ3n) is 4.91. The van der Waals surface area contributed by atoms with E-state index >= 15 is 0 Å². The van der Waals surface area contributed by atoms with Crippen molar-refractivity contribution in [3.63, 3.8) is 0 Å². The lowest BCUT2D eigenvalue weighted by Gasteiger charge is -2.27. The van der Waals surface area contributed by atoms with Gasteiger partial charge in [0.15, 0.2) is 18.1 Å². The van der Waals surface area contributed by atoms with Gasteiger partial charge >= 0.3 is 6.18 Å². The topological polar surface area (TPSA) is 157 Å². The number of aliphatic hydroxyl groups excluding tert-OH is 1.